The number of hydrogen-bond donors (Lipinski definition) is 0. The van der Waals surface area contributed by atoms with Crippen molar-refractivity contribution in [3.05, 3.63) is 150 Å². The highest BCUT2D eigenvalue weighted by Crippen LogP contribution is 2.43. The number of furan rings is 1. The fourth-order valence-corrected chi connectivity index (χ4v) is 7.79. The minimum Gasteiger partial charge on any atom is -0.454 e. The summed E-state index contributed by atoms with van der Waals surface area (Å²) in [7, 11) is 0. The van der Waals surface area contributed by atoms with E-state index in [1.165, 1.54) is 33.1 Å². The van der Waals surface area contributed by atoms with Crippen LogP contribution in [0.15, 0.2) is 138 Å². The van der Waals surface area contributed by atoms with Gasteiger partial charge in [-0.1, -0.05) is 91.0 Å². The van der Waals surface area contributed by atoms with Crippen molar-refractivity contribution in [1.82, 2.24) is 9.13 Å². The molecule has 6 aromatic carbocycles. The number of rotatable bonds is 3. The van der Waals surface area contributed by atoms with E-state index in [0.29, 0.717) is 5.56 Å². The van der Waals surface area contributed by atoms with Gasteiger partial charge in [0.1, 0.15) is 5.58 Å². The fraction of sp³-hybridized carbons (Fsp3) is 0.0465. The second-order valence-corrected chi connectivity index (χ2v) is 12.3. The first kappa shape index (κ1) is 26.0. The van der Waals surface area contributed by atoms with Crippen molar-refractivity contribution in [3.63, 3.8) is 0 Å². The Hall–Kier alpha value is -6.31. The van der Waals surface area contributed by atoms with Crippen LogP contribution in [0.1, 0.15) is 23.2 Å². The lowest BCUT2D eigenvalue weighted by atomic mass is 9.99. The van der Waals surface area contributed by atoms with E-state index in [9.17, 15) is 5.26 Å². The molecule has 0 N–H and O–H groups in total. The maximum absolute atomic E-state index is 10.1. The van der Waals surface area contributed by atoms with Gasteiger partial charge in [-0.25, -0.2) is 0 Å². The van der Waals surface area contributed by atoms with Crippen molar-refractivity contribution in [2.75, 3.05) is 0 Å². The summed E-state index contributed by atoms with van der Waals surface area (Å²) in [6, 6.07) is 47.2. The standard InChI is InChI=1S/C43H27N3O/c44-26-27-20-21-30(28-10-9-11-29(25-28)45-37-16-5-1-12-31(37)32-13-2-6-17-38(32)45)40(24-27)46-39-18-7-3-14-33(39)35-22-23-36-34-15-4-8-19-41(34)47-43(36)42(35)46/h1-6,8-17,19-25H,7,18H2. The van der Waals surface area contributed by atoms with Crippen molar-refractivity contribution in [1.29, 1.82) is 5.26 Å². The zero-order chi connectivity index (χ0) is 31.1. The van der Waals surface area contributed by atoms with Crippen molar-refractivity contribution >= 4 is 60.7 Å². The van der Waals surface area contributed by atoms with Crippen LogP contribution in [-0.4, -0.2) is 9.13 Å². The fourth-order valence-electron chi connectivity index (χ4n) is 7.79. The van der Waals surface area contributed by atoms with Crippen molar-refractivity contribution < 1.29 is 4.42 Å². The highest BCUT2D eigenvalue weighted by molar-refractivity contribution is 6.16. The number of benzene rings is 6. The Kier molecular flexibility index (Phi) is 5.44. The Morgan fingerprint density at radius 3 is 2.19 bits per heavy atom. The van der Waals surface area contributed by atoms with Gasteiger partial charge >= 0.3 is 0 Å². The van der Waals surface area contributed by atoms with Gasteiger partial charge in [-0.15, -0.1) is 0 Å². The van der Waals surface area contributed by atoms with Gasteiger partial charge in [0.15, 0.2) is 5.58 Å². The average Bonchev–Trinajstić information content (AvgIpc) is 3.79. The van der Waals surface area contributed by atoms with Gasteiger partial charge in [0.2, 0.25) is 0 Å². The SMILES string of the molecule is N#Cc1ccc(-c2cccc(-n3c4ccccc4c4ccccc43)c2)c(-n2c3c(c4ccc5c6ccccc6oc5c42)C=CCC3)c1. The summed E-state index contributed by atoms with van der Waals surface area (Å²) in [6.45, 7) is 0. The largest absolute Gasteiger partial charge is 0.454 e. The molecule has 1 aliphatic carbocycles. The van der Waals surface area contributed by atoms with Crippen LogP contribution >= 0.6 is 0 Å². The first-order valence-electron chi connectivity index (χ1n) is 16.1. The molecule has 0 saturated carbocycles. The van der Waals surface area contributed by atoms with Crippen molar-refractivity contribution in [2.24, 2.45) is 0 Å². The summed E-state index contributed by atoms with van der Waals surface area (Å²) in [5.74, 6) is 0. The van der Waals surface area contributed by atoms with Crippen LogP contribution in [0.5, 0.6) is 0 Å². The molecule has 0 unspecified atom stereocenters. The molecule has 1 aliphatic rings. The smallest absolute Gasteiger partial charge is 0.160 e. The van der Waals surface area contributed by atoms with Gasteiger partial charge in [0, 0.05) is 49.4 Å². The zero-order valence-corrected chi connectivity index (χ0v) is 25.4. The molecule has 3 heterocycles. The Balaban J connectivity index is 1.28. The van der Waals surface area contributed by atoms with Crippen LogP contribution in [0, 0.1) is 11.3 Å². The second kappa shape index (κ2) is 9.84. The van der Waals surface area contributed by atoms with E-state index < -0.39 is 0 Å². The van der Waals surface area contributed by atoms with Gasteiger partial charge < -0.3 is 13.6 Å². The summed E-state index contributed by atoms with van der Waals surface area (Å²) >= 11 is 0. The molecular formula is C43H27N3O. The molecular weight excluding hydrogens is 574 g/mol. The van der Waals surface area contributed by atoms with E-state index in [1.54, 1.807) is 0 Å². The highest BCUT2D eigenvalue weighted by atomic mass is 16.3. The van der Waals surface area contributed by atoms with E-state index in [4.69, 9.17) is 4.42 Å². The lowest BCUT2D eigenvalue weighted by Gasteiger charge is -2.18. The number of nitriles is 1. The molecule has 0 aliphatic heterocycles. The topological polar surface area (TPSA) is 46.8 Å². The molecule has 0 saturated heterocycles. The summed E-state index contributed by atoms with van der Waals surface area (Å²) in [5, 5.41) is 16.0. The minimum atomic E-state index is 0.626. The number of fused-ring (bicyclic) bond motifs is 10. The quantitative estimate of drug-likeness (QED) is 0.202. The third-order valence-electron chi connectivity index (χ3n) is 9.81. The van der Waals surface area contributed by atoms with Crippen LogP contribution in [0.3, 0.4) is 0 Å². The molecule has 0 bridgehead atoms. The first-order chi connectivity index (χ1) is 23.3. The van der Waals surface area contributed by atoms with Gasteiger partial charge in [-0.05, 0) is 66.9 Å². The zero-order valence-electron chi connectivity index (χ0n) is 25.4. The molecule has 0 atom stereocenters. The van der Waals surface area contributed by atoms with E-state index in [-0.39, 0.29) is 0 Å². The number of allylic oxidation sites excluding steroid dienone is 1. The Morgan fingerprint density at radius 1 is 0.638 bits per heavy atom. The molecule has 10 rings (SSSR count). The number of aromatic nitrogens is 2. The molecule has 4 nitrogen and oxygen atoms in total. The van der Waals surface area contributed by atoms with Crippen LogP contribution in [0.4, 0.5) is 0 Å². The molecule has 220 valence electrons. The average molecular weight is 602 g/mol. The number of hydrogen-bond acceptors (Lipinski definition) is 2. The van der Waals surface area contributed by atoms with Crippen LogP contribution < -0.4 is 0 Å². The van der Waals surface area contributed by atoms with Crippen LogP contribution in [-0.2, 0) is 6.42 Å². The molecule has 9 aromatic rings. The molecule has 0 radical (unpaired) electrons. The molecule has 4 heteroatoms. The van der Waals surface area contributed by atoms with Crippen molar-refractivity contribution in [2.45, 2.75) is 12.8 Å². The maximum atomic E-state index is 10.1. The van der Waals surface area contributed by atoms with E-state index in [1.807, 2.05) is 24.3 Å². The molecule has 0 amide bonds. The van der Waals surface area contributed by atoms with Gasteiger partial charge in [0.25, 0.3) is 0 Å². The predicted octanol–water partition coefficient (Wildman–Crippen LogP) is 11.1. The van der Waals surface area contributed by atoms with Crippen molar-refractivity contribution in [3.8, 4) is 28.6 Å². The molecule has 0 spiro atoms. The Labute approximate surface area is 270 Å². The van der Waals surface area contributed by atoms with Gasteiger partial charge in [-0.3, -0.25) is 0 Å². The monoisotopic (exact) mass is 601 g/mol. The summed E-state index contributed by atoms with van der Waals surface area (Å²) in [4.78, 5) is 0. The maximum Gasteiger partial charge on any atom is 0.160 e. The lowest BCUT2D eigenvalue weighted by molar-refractivity contribution is 0.670. The Morgan fingerprint density at radius 2 is 1.38 bits per heavy atom. The van der Waals surface area contributed by atoms with E-state index in [0.717, 1.165) is 68.2 Å². The van der Waals surface area contributed by atoms with Gasteiger partial charge in [0.05, 0.1) is 33.9 Å². The number of para-hydroxylation sites is 3. The third-order valence-corrected chi connectivity index (χ3v) is 9.81. The minimum absolute atomic E-state index is 0.626. The van der Waals surface area contributed by atoms with Gasteiger partial charge in [-0.2, -0.15) is 5.26 Å². The molecule has 0 fully saturated rings. The normalized spacial score (nSPS) is 12.8. The molecule has 3 aromatic heterocycles. The van der Waals surface area contributed by atoms with Crippen LogP contribution in [0.25, 0.3) is 83.2 Å². The molecule has 47 heavy (non-hydrogen) atoms. The third kappa shape index (κ3) is 3.69. The van der Waals surface area contributed by atoms with Crippen LogP contribution in [0.2, 0.25) is 0 Å². The summed E-state index contributed by atoms with van der Waals surface area (Å²) in [6.07, 6.45) is 6.38. The highest BCUT2D eigenvalue weighted by Gasteiger charge is 2.25. The van der Waals surface area contributed by atoms with E-state index >= 15 is 0 Å². The summed E-state index contributed by atoms with van der Waals surface area (Å²) in [5.41, 5.74) is 12.5. The predicted molar refractivity (Wildman–Crippen MR) is 192 cm³/mol. The second-order valence-electron chi connectivity index (χ2n) is 12.3. The Bertz CT molecular complexity index is 2760. The lowest BCUT2D eigenvalue weighted by Crippen LogP contribution is -2.05. The first-order valence-corrected chi connectivity index (χ1v) is 16.1. The summed E-state index contributed by atoms with van der Waals surface area (Å²) < 4.78 is 11.4. The number of nitrogens with zero attached hydrogens (tertiary/aromatic N) is 3. The van der Waals surface area contributed by atoms with E-state index in [2.05, 4.69) is 130 Å².